The zero-order chi connectivity index (χ0) is 25.8. The van der Waals surface area contributed by atoms with Crippen molar-refractivity contribution in [2.24, 2.45) is 0 Å². The molecule has 3 N–H and O–H groups in total. The van der Waals surface area contributed by atoms with Crippen molar-refractivity contribution in [3.05, 3.63) is 89.5 Å². The van der Waals surface area contributed by atoms with Crippen LogP contribution in [-0.4, -0.2) is 65.8 Å². The normalized spacial score (nSPS) is 16.1. The van der Waals surface area contributed by atoms with Crippen molar-refractivity contribution in [3.63, 3.8) is 0 Å². The third-order valence-corrected chi connectivity index (χ3v) is 5.82. The maximum atomic E-state index is 10.7. The lowest BCUT2D eigenvalue weighted by Gasteiger charge is -2.23. The third-order valence-electron chi connectivity index (χ3n) is 5.36. The first-order valence-corrected chi connectivity index (χ1v) is 12.3. The lowest BCUT2D eigenvalue weighted by Crippen LogP contribution is -2.29. The molecule has 1 aliphatic heterocycles. The monoisotopic (exact) mass is 503 g/mol. The summed E-state index contributed by atoms with van der Waals surface area (Å²) in [6.45, 7) is 3.83. The fourth-order valence-electron chi connectivity index (χ4n) is 3.85. The van der Waals surface area contributed by atoms with Gasteiger partial charge < -0.3 is 10.2 Å². The molecule has 1 heterocycles. The molecule has 35 heavy (non-hydrogen) atoms. The minimum Gasteiger partial charge on any atom is -0.478 e. The Balaban J connectivity index is 0.000000466. The highest BCUT2D eigenvalue weighted by atomic mass is 32.3. The van der Waals surface area contributed by atoms with Gasteiger partial charge in [-0.2, -0.15) is 8.42 Å². The lowest BCUT2D eigenvalue weighted by molar-refractivity contribution is -0.134. The molecule has 9 nitrogen and oxygen atoms in total. The van der Waals surface area contributed by atoms with E-state index in [0.717, 1.165) is 19.5 Å². The van der Waals surface area contributed by atoms with Gasteiger partial charge in [0.2, 0.25) is 0 Å². The van der Waals surface area contributed by atoms with Crippen molar-refractivity contribution in [1.29, 1.82) is 0 Å². The van der Waals surface area contributed by atoms with E-state index in [1.165, 1.54) is 22.3 Å². The van der Waals surface area contributed by atoms with E-state index in [2.05, 4.69) is 64.5 Å². The molecule has 0 bridgehead atoms. The number of carboxylic acid groups (broad SMARTS) is 2. The third kappa shape index (κ3) is 9.83. The Bertz CT molecular complexity index is 1090. The van der Waals surface area contributed by atoms with Crippen LogP contribution in [0.4, 0.5) is 0 Å². The van der Waals surface area contributed by atoms with Crippen molar-refractivity contribution in [2.45, 2.75) is 25.8 Å². The number of hydrogen-bond donors (Lipinski definition) is 3. The minimum absolute atomic E-state index is 0.00860. The number of carbonyl (C=O) groups is 2. The van der Waals surface area contributed by atoms with E-state index in [0.29, 0.717) is 18.6 Å². The van der Waals surface area contributed by atoms with Crippen LogP contribution in [0.1, 0.15) is 30.9 Å². The summed E-state index contributed by atoms with van der Waals surface area (Å²) in [7, 11) is -4.36. The summed E-state index contributed by atoms with van der Waals surface area (Å²) in [5, 5.41) is 15.6. The van der Waals surface area contributed by atoms with Crippen LogP contribution >= 0.6 is 0 Å². The summed E-state index contributed by atoms with van der Waals surface area (Å²) < 4.78 is 34.4. The smallest absolute Gasteiger partial charge is 0.397 e. The van der Waals surface area contributed by atoms with Gasteiger partial charge in [0.1, 0.15) is 0 Å². The molecule has 10 heteroatoms. The van der Waals surface area contributed by atoms with E-state index in [1.54, 1.807) is 0 Å². The van der Waals surface area contributed by atoms with Crippen molar-refractivity contribution in [1.82, 2.24) is 4.90 Å². The summed E-state index contributed by atoms with van der Waals surface area (Å²) in [5.74, 6) is -2.51. The van der Waals surface area contributed by atoms with Crippen LogP contribution in [0.3, 0.4) is 0 Å². The molecule has 0 saturated carbocycles. The van der Waals surface area contributed by atoms with Gasteiger partial charge >= 0.3 is 22.3 Å². The maximum absolute atomic E-state index is 10.7. The van der Waals surface area contributed by atoms with Crippen molar-refractivity contribution < 1.29 is 37.0 Å². The second kappa shape index (κ2) is 13.5. The molecule has 0 spiro atoms. The molecule has 1 fully saturated rings. The Labute approximate surface area is 204 Å². The number of aliphatic carboxylic acids is 2. The molecule has 0 aliphatic carbocycles. The summed E-state index contributed by atoms with van der Waals surface area (Å²) in [6.07, 6.45) is 2.63. The van der Waals surface area contributed by atoms with Crippen LogP contribution in [0.25, 0.3) is 5.57 Å². The molecule has 1 atom stereocenters. The number of hydrogen-bond acceptors (Lipinski definition) is 6. The summed E-state index contributed by atoms with van der Waals surface area (Å²) >= 11 is 0. The summed E-state index contributed by atoms with van der Waals surface area (Å²) in [4.78, 5) is 21.4. The van der Waals surface area contributed by atoms with Gasteiger partial charge in [-0.25, -0.2) is 13.8 Å². The number of nitrogens with zero attached hydrogens (tertiary/aromatic N) is 1. The van der Waals surface area contributed by atoms with Crippen LogP contribution in [0.15, 0.2) is 78.4 Å². The number of rotatable bonds is 9. The highest BCUT2D eigenvalue weighted by Crippen LogP contribution is 2.35. The molecular formula is C25H29NO8S. The van der Waals surface area contributed by atoms with E-state index in [9.17, 15) is 18.0 Å². The predicted molar refractivity (Wildman–Crippen MR) is 131 cm³/mol. The molecule has 1 aliphatic rings. The van der Waals surface area contributed by atoms with Crippen LogP contribution in [0, 0.1) is 0 Å². The molecular weight excluding hydrogens is 474 g/mol. The van der Waals surface area contributed by atoms with Gasteiger partial charge in [0, 0.05) is 31.3 Å². The Morgan fingerprint density at radius 1 is 0.971 bits per heavy atom. The Kier molecular flexibility index (Phi) is 10.8. The fourth-order valence-corrected chi connectivity index (χ4v) is 4.18. The van der Waals surface area contributed by atoms with Gasteiger partial charge in [-0.15, -0.1) is 0 Å². The SMILES string of the molecule is CC1C(=C(c2ccccc2)c2ccccc2)CCN1CCCOS(=O)(=O)O.O=C(O)C=CC(=O)O. The van der Waals surface area contributed by atoms with E-state index < -0.39 is 22.3 Å². The number of carboxylic acids is 2. The Hall–Kier alpha value is -3.31. The molecule has 2 aromatic rings. The van der Waals surface area contributed by atoms with Crippen LogP contribution in [-0.2, 0) is 24.2 Å². The van der Waals surface area contributed by atoms with E-state index >= 15 is 0 Å². The van der Waals surface area contributed by atoms with Crippen molar-refractivity contribution in [3.8, 4) is 0 Å². The second-order valence-corrected chi connectivity index (χ2v) is 8.80. The summed E-state index contributed by atoms with van der Waals surface area (Å²) in [5.41, 5.74) is 5.09. The van der Waals surface area contributed by atoms with Crippen LogP contribution in [0.2, 0.25) is 0 Å². The Morgan fingerprint density at radius 3 is 1.89 bits per heavy atom. The van der Waals surface area contributed by atoms with Crippen molar-refractivity contribution in [2.75, 3.05) is 19.7 Å². The zero-order valence-electron chi connectivity index (χ0n) is 19.3. The quantitative estimate of drug-likeness (QED) is 0.266. The largest absolute Gasteiger partial charge is 0.478 e. The molecule has 3 rings (SSSR count). The predicted octanol–water partition coefficient (Wildman–Crippen LogP) is 3.50. The van der Waals surface area contributed by atoms with E-state index in [1.807, 2.05) is 12.1 Å². The average Bonchev–Trinajstić information content (AvgIpc) is 3.17. The average molecular weight is 504 g/mol. The van der Waals surface area contributed by atoms with Crippen molar-refractivity contribution >= 4 is 27.9 Å². The standard InChI is InChI=1S/C21H25NO4S.C4H4O4/c1-17-20(13-15-22(17)14-8-16-26-27(23,24)25)21(18-9-4-2-5-10-18)19-11-6-3-7-12-19;5-3(6)1-2-4(7)8/h2-7,9-12,17H,8,13-16H2,1H3,(H,23,24,25);1-2H,(H,5,6)(H,7,8). The zero-order valence-corrected chi connectivity index (χ0v) is 20.1. The van der Waals surface area contributed by atoms with E-state index in [4.69, 9.17) is 14.8 Å². The highest BCUT2D eigenvalue weighted by Gasteiger charge is 2.28. The first-order chi connectivity index (χ1) is 16.6. The van der Waals surface area contributed by atoms with Gasteiger partial charge in [-0.05, 0) is 42.0 Å². The molecule has 1 unspecified atom stereocenters. The molecule has 1 saturated heterocycles. The fraction of sp³-hybridized carbons (Fsp3) is 0.280. The van der Waals surface area contributed by atoms with Gasteiger partial charge in [-0.1, -0.05) is 60.7 Å². The number of benzene rings is 2. The first kappa shape index (κ1) is 27.9. The molecule has 0 aromatic heterocycles. The number of likely N-dealkylation sites (tertiary alicyclic amines) is 1. The molecule has 188 valence electrons. The Morgan fingerprint density at radius 2 is 1.46 bits per heavy atom. The maximum Gasteiger partial charge on any atom is 0.397 e. The lowest BCUT2D eigenvalue weighted by atomic mass is 9.90. The van der Waals surface area contributed by atoms with Gasteiger partial charge in [0.15, 0.2) is 0 Å². The second-order valence-electron chi connectivity index (χ2n) is 7.71. The molecule has 0 radical (unpaired) electrons. The molecule has 0 amide bonds. The summed E-state index contributed by atoms with van der Waals surface area (Å²) in [6, 6.07) is 21.1. The van der Waals surface area contributed by atoms with E-state index in [-0.39, 0.29) is 12.6 Å². The van der Waals surface area contributed by atoms with Crippen LogP contribution in [0.5, 0.6) is 0 Å². The topological polar surface area (TPSA) is 141 Å². The first-order valence-electron chi connectivity index (χ1n) is 10.9. The minimum atomic E-state index is -4.36. The van der Waals surface area contributed by atoms with Gasteiger partial charge in [-0.3, -0.25) is 9.45 Å². The van der Waals surface area contributed by atoms with Gasteiger partial charge in [0.25, 0.3) is 0 Å². The van der Waals surface area contributed by atoms with Gasteiger partial charge in [0.05, 0.1) is 6.61 Å². The molecule has 2 aromatic carbocycles. The highest BCUT2D eigenvalue weighted by molar-refractivity contribution is 7.80. The van der Waals surface area contributed by atoms with Crippen LogP contribution < -0.4 is 0 Å².